The zero-order valence-corrected chi connectivity index (χ0v) is 19.6. The second-order valence-corrected chi connectivity index (χ2v) is 11.0. The van der Waals surface area contributed by atoms with Gasteiger partial charge in [0.05, 0.1) is 0 Å². The Hall–Kier alpha value is -2.60. The molecule has 2 N–H and O–H groups in total. The molecule has 1 aliphatic heterocycles. The van der Waals surface area contributed by atoms with Gasteiger partial charge >= 0.3 is 5.97 Å². The second kappa shape index (κ2) is 7.77. The molecule has 170 valence electrons. The van der Waals surface area contributed by atoms with Crippen molar-refractivity contribution in [1.82, 2.24) is 5.32 Å². The lowest BCUT2D eigenvalue weighted by Crippen LogP contribution is -2.42. The molecule has 6 nitrogen and oxygen atoms in total. The van der Waals surface area contributed by atoms with Crippen LogP contribution in [0.2, 0.25) is 5.02 Å². The zero-order valence-electron chi connectivity index (χ0n) is 18.8. The van der Waals surface area contributed by atoms with Crippen LogP contribution in [0.25, 0.3) is 0 Å². The monoisotopic (exact) mass is 457 g/mol. The predicted octanol–water partition coefficient (Wildman–Crippen LogP) is 4.78. The number of aliphatic carboxylic acids is 1. The summed E-state index contributed by atoms with van der Waals surface area (Å²) in [5.74, 6) is -1.44. The van der Waals surface area contributed by atoms with E-state index in [9.17, 15) is 14.4 Å². The predicted molar refractivity (Wildman–Crippen MR) is 121 cm³/mol. The van der Waals surface area contributed by atoms with E-state index in [2.05, 4.69) is 33.0 Å². The number of carbonyl (C=O) groups is 3. The summed E-state index contributed by atoms with van der Waals surface area (Å²) >= 11 is 6.32. The molecule has 4 rings (SSSR count). The number of ketones is 2. The molecule has 0 atom stereocenters. The third-order valence-corrected chi connectivity index (χ3v) is 6.59. The highest BCUT2D eigenvalue weighted by Crippen LogP contribution is 2.52. The van der Waals surface area contributed by atoms with E-state index in [-0.39, 0.29) is 22.4 Å². The summed E-state index contributed by atoms with van der Waals surface area (Å²) in [6.45, 7) is 7.72. The van der Waals surface area contributed by atoms with Gasteiger partial charge in [-0.1, -0.05) is 39.3 Å². The van der Waals surface area contributed by atoms with Crippen molar-refractivity contribution in [2.45, 2.75) is 59.3 Å². The smallest absolute Gasteiger partial charge is 0.341 e. The summed E-state index contributed by atoms with van der Waals surface area (Å²) in [7, 11) is 0. The minimum absolute atomic E-state index is 0.0120. The number of hydrogen-bond donors (Lipinski definition) is 2. The largest absolute Gasteiger partial charge is 0.482 e. The highest BCUT2D eigenvalue weighted by atomic mass is 35.5. The molecular formula is C25H28ClNO5. The maximum absolute atomic E-state index is 13.4. The molecule has 0 fully saturated rings. The summed E-state index contributed by atoms with van der Waals surface area (Å²) in [6.07, 6.45) is 2.11. The zero-order chi connectivity index (χ0) is 23.4. The summed E-state index contributed by atoms with van der Waals surface area (Å²) in [4.78, 5) is 37.9. The number of carboxylic acids is 1. The van der Waals surface area contributed by atoms with Gasteiger partial charge in [-0.25, -0.2) is 4.79 Å². The molecule has 0 unspecified atom stereocenters. The minimum atomic E-state index is -1.11. The van der Waals surface area contributed by atoms with Gasteiger partial charge in [-0.05, 0) is 41.9 Å². The average Bonchev–Trinajstić information content (AvgIpc) is 2.63. The molecule has 0 bridgehead atoms. The van der Waals surface area contributed by atoms with E-state index in [0.717, 1.165) is 11.4 Å². The lowest BCUT2D eigenvalue weighted by Gasteiger charge is -2.44. The first-order valence-corrected chi connectivity index (χ1v) is 11.2. The van der Waals surface area contributed by atoms with E-state index in [1.165, 1.54) is 0 Å². The fraction of sp³-hybridized carbons (Fsp3) is 0.480. The topological polar surface area (TPSA) is 92.7 Å². The third kappa shape index (κ3) is 4.20. The Labute approximate surface area is 192 Å². The van der Waals surface area contributed by atoms with E-state index in [0.29, 0.717) is 53.2 Å². The summed E-state index contributed by atoms with van der Waals surface area (Å²) in [5, 5.41) is 13.0. The van der Waals surface area contributed by atoms with Gasteiger partial charge in [-0.15, -0.1) is 0 Å². The van der Waals surface area contributed by atoms with Crippen molar-refractivity contribution in [2.24, 2.45) is 10.8 Å². The molecule has 32 heavy (non-hydrogen) atoms. The van der Waals surface area contributed by atoms with E-state index in [1.807, 2.05) is 0 Å². The third-order valence-electron chi connectivity index (χ3n) is 6.35. The van der Waals surface area contributed by atoms with Crippen LogP contribution in [-0.2, 0) is 14.4 Å². The molecule has 1 aromatic rings. The molecule has 3 aliphatic rings. The Bertz CT molecular complexity index is 1040. The molecule has 1 aromatic carbocycles. The summed E-state index contributed by atoms with van der Waals surface area (Å²) in [5.41, 5.74) is 2.97. The molecule has 7 heteroatoms. The Morgan fingerprint density at radius 2 is 1.56 bits per heavy atom. The quantitative estimate of drug-likeness (QED) is 0.676. The number of benzene rings is 1. The van der Waals surface area contributed by atoms with Crippen LogP contribution in [0.15, 0.2) is 40.7 Å². The minimum Gasteiger partial charge on any atom is -0.482 e. The van der Waals surface area contributed by atoms with Crippen molar-refractivity contribution in [1.29, 1.82) is 0 Å². The van der Waals surface area contributed by atoms with Gasteiger partial charge in [0.15, 0.2) is 18.2 Å². The maximum Gasteiger partial charge on any atom is 0.341 e. The Balaban J connectivity index is 1.93. The van der Waals surface area contributed by atoms with Gasteiger partial charge < -0.3 is 15.2 Å². The lowest BCUT2D eigenvalue weighted by atomic mass is 9.64. The number of dihydropyridines is 1. The number of ether oxygens (including phenoxy) is 1. The Morgan fingerprint density at radius 3 is 2.06 bits per heavy atom. The lowest BCUT2D eigenvalue weighted by molar-refractivity contribution is -0.139. The number of allylic oxidation sites excluding steroid dienone is 4. The van der Waals surface area contributed by atoms with Crippen LogP contribution in [0.4, 0.5) is 0 Å². The van der Waals surface area contributed by atoms with Crippen molar-refractivity contribution in [3.8, 4) is 5.75 Å². The summed E-state index contributed by atoms with van der Waals surface area (Å²) < 4.78 is 5.57. The second-order valence-electron chi connectivity index (χ2n) is 10.6. The van der Waals surface area contributed by atoms with Crippen LogP contribution in [0.1, 0.15) is 64.9 Å². The molecule has 0 saturated carbocycles. The number of halogens is 1. The van der Waals surface area contributed by atoms with Crippen LogP contribution in [-0.4, -0.2) is 29.2 Å². The van der Waals surface area contributed by atoms with E-state index in [1.54, 1.807) is 18.2 Å². The van der Waals surface area contributed by atoms with Crippen LogP contribution in [0, 0.1) is 10.8 Å². The SMILES string of the molecule is CC1(C)CC(=O)C2=C(C1)NC1=C(C(=O)CC(C)(C)C1)C2c1cc(Cl)ccc1OCC(=O)O. The molecule has 0 aromatic heterocycles. The average molecular weight is 458 g/mol. The molecule has 0 amide bonds. The molecule has 0 saturated heterocycles. The highest BCUT2D eigenvalue weighted by molar-refractivity contribution is 6.30. The maximum atomic E-state index is 13.4. The summed E-state index contributed by atoms with van der Waals surface area (Å²) in [6, 6.07) is 4.91. The first kappa shape index (κ1) is 22.6. The van der Waals surface area contributed by atoms with Crippen LogP contribution >= 0.6 is 11.6 Å². The van der Waals surface area contributed by atoms with Crippen molar-refractivity contribution in [3.05, 3.63) is 51.3 Å². The van der Waals surface area contributed by atoms with E-state index >= 15 is 0 Å². The van der Waals surface area contributed by atoms with Gasteiger partial charge in [-0.3, -0.25) is 9.59 Å². The molecular weight excluding hydrogens is 430 g/mol. The van der Waals surface area contributed by atoms with Gasteiger partial charge in [0.25, 0.3) is 0 Å². The fourth-order valence-electron chi connectivity index (χ4n) is 5.22. The van der Waals surface area contributed by atoms with Crippen molar-refractivity contribution >= 4 is 29.1 Å². The van der Waals surface area contributed by atoms with Gasteiger partial charge in [0, 0.05) is 51.9 Å². The standard InChI is InChI=1S/C25H28ClNO5/c1-24(2)8-15-22(17(28)10-24)21(23-16(27-15)9-25(3,4)11-18(23)29)14-7-13(26)5-6-19(14)32-12-20(30)31/h5-7,21,27H,8-12H2,1-4H3,(H,30,31). The number of carbonyl (C=O) groups excluding carboxylic acids is 2. The van der Waals surface area contributed by atoms with Crippen LogP contribution in [0.3, 0.4) is 0 Å². The van der Waals surface area contributed by atoms with Crippen LogP contribution in [0.5, 0.6) is 5.75 Å². The van der Waals surface area contributed by atoms with Crippen molar-refractivity contribution < 1.29 is 24.2 Å². The van der Waals surface area contributed by atoms with E-state index in [4.69, 9.17) is 21.4 Å². The van der Waals surface area contributed by atoms with E-state index < -0.39 is 18.5 Å². The highest BCUT2D eigenvalue weighted by Gasteiger charge is 2.47. The number of Topliss-reactive ketones (excluding diaryl/α,β-unsaturated/α-hetero) is 2. The molecule has 0 spiro atoms. The van der Waals surface area contributed by atoms with Gasteiger partial charge in [0.2, 0.25) is 0 Å². The molecule has 1 heterocycles. The van der Waals surface area contributed by atoms with Crippen LogP contribution < -0.4 is 10.1 Å². The molecule has 2 aliphatic carbocycles. The number of carboxylic acid groups (broad SMARTS) is 1. The Kier molecular flexibility index (Phi) is 5.48. The first-order valence-electron chi connectivity index (χ1n) is 10.8. The normalized spacial score (nSPS) is 22.3. The number of rotatable bonds is 4. The fourth-order valence-corrected chi connectivity index (χ4v) is 5.40. The van der Waals surface area contributed by atoms with Gasteiger partial charge in [0.1, 0.15) is 5.75 Å². The number of nitrogens with one attached hydrogen (secondary N) is 1. The van der Waals surface area contributed by atoms with Crippen molar-refractivity contribution in [3.63, 3.8) is 0 Å². The van der Waals surface area contributed by atoms with Gasteiger partial charge in [-0.2, -0.15) is 0 Å². The number of hydrogen-bond acceptors (Lipinski definition) is 5. The van der Waals surface area contributed by atoms with Crippen molar-refractivity contribution in [2.75, 3.05) is 6.61 Å². The molecule has 0 radical (unpaired) electrons. The first-order chi connectivity index (χ1) is 14.9. The Morgan fingerprint density at radius 1 is 1.03 bits per heavy atom.